The van der Waals surface area contributed by atoms with Crippen molar-refractivity contribution in [3.8, 4) is 0 Å². The van der Waals surface area contributed by atoms with Gasteiger partial charge in [-0.15, -0.1) is 0 Å². The molecule has 0 aliphatic rings. The number of carbonyl (C=O) groups excluding carboxylic acids is 1. The molecule has 1 atom stereocenters. The Bertz CT molecular complexity index is 678. The van der Waals surface area contributed by atoms with E-state index in [1.54, 1.807) is 6.92 Å². The molecule has 0 saturated carbocycles. The molecule has 0 bridgehead atoms. The van der Waals surface area contributed by atoms with E-state index >= 15 is 0 Å². The van der Waals surface area contributed by atoms with E-state index in [1.807, 2.05) is 13.8 Å². The van der Waals surface area contributed by atoms with Gasteiger partial charge in [0, 0.05) is 0 Å². The van der Waals surface area contributed by atoms with Gasteiger partial charge in [0.1, 0.15) is 11.3 Å². The fourth-order valence-corrected chi connectivity index (χ4v) is 2.57. The molecule has 1 amide bonds. The monoisotopic (exact) mass is 314 g/mol. The van der Waals surface area contributed by atoms with Gasteiger partial charge >= 0.3 is 0 Å². The van der Waals surface area contributed by atoms with Crippen LogP contribution in [0, 0.1) is 6.92 Å². The van der Waals surface area contributed by atoms with Crippen LogP contribution < -0.4 is 5.32 Å². The van der Waals surface area contributed by atoms with Gasteiger partial charge in [0.15, 0.2) is 0 Å². The summed E-state index contributed by atoms with van der Waals surface area (Å²) in [5.74, 6) is 0.433. The Morgan fingerprint density at radius 3 is 2.39 bits per heavy atom. The van der Waals surface area contributed by atoms with E-state index in [2.05, 4.69) is 55.5 Å². The van der Waals surface area contributed by atoms with Crippen LogP contribution in [0.15, 0.2) is 28.8 Å². The second kappa shape index (κ2) is 6.57. The highest BCUT2D eigenvalue weighted by molar-refractivity contribution is 5.96. The average Bonchev–Trinajstić information content (AvgIpc) is 2.87. The van der Waals surface area contributed by atoms with Crippen molar-refractivity contribution in [1.29, 1.82) is 0 Å². The van der Waals surface area contributed by atoms with Crippen molar-refractivity contribution >= 4 is 5.91 Å². The van der Waals surface area contributed by atoms with Crippen LogP contribution in [0.2, 0.25) is 0 Å². The van der Waals surface area contributed by atoms with Crippen LogP contribution in [0.4, 0.5) is 0 Å². The first kappa shape index (κ1) is 17.3. The largest absolute Gasteiger partial charge is 0.361 e. The third-order valence-electron chi connectivity index (χ3n) is 4.12. The predicted octanol–water partition coefficient (Wildman–Crippen LogP) is 4.33. The Kier molecular flexibility index (Phi) is 4.93. The Balaban J connectivity index is 2.14. The maximum Gasteiger partial charge on any atom is 0.257 e. The first-order chi connectivity index (χ1) is 10.7. The van der Waals surface area contributed by atoms with E-state index < -0.39 is 0 Å². The molecule has 0 unspecified atom stereocenters. The number of aryl methyl sites for hydroxylation is 2. The number of benzene rings is 1. The molecule has 1 N–H and O–H groups in total. The molecule has 0 aliphatic carbocycles. The quantitative estimate of drug-likeness (QED) is 0.913. The van der Waals surface area contributed by atoms with Gasteiger partial charge in [-0.25, -0.2) is 0 Å². The zero-order valence-electron chi connectivity index (χ0n) is 14.9. The van der Waals surface area contributed by atoms with Gasteiger partial charge in [0.2, 0.25) is 0 Å². The number of carbonyl (C=O) groups is 1. The number of nitrogens with zero attached hydrogens (tertiary/aromatic N) is 1. The number of hydrogen-bond donors (Lipinski definition) is 1. The summed E-state index contributed by atoms with van der Waals surface area (Å²) in [6.07, 6.45) is 0.675. The molecule has 2 aromatic rings. The third kappa shape index (κ3) is 3.81. The maximum absolute atomic E-state index is 12.5. The first-order valence-corrected chi connectivity index (χ1v) is 8.10. The smallest absolute Gasteiger partial charge is 0.257 e. The predicted molar refractivity (Wildman–Crippen MR) is 91.6 cm³/mol. The third-order valence-corrected chi connectivity index (χ3v) is 4.12. The molecular formula is C19H26N2O2. The molecule has 1 aromatic heterocycles. The summed E-state index contributed by atoms with van der Waals surface area (Å²) >= 11 is 0. The lowest BCUT2D eigenvalue weighted by atomic mass is 9.86. The molecule has 0 spiro atoms. The van der Waals surface area contributed by atoms with Gasteiger partial charge in [-0.1, -0.05) is 57.1 Å². The van der Waals surface area contributed by atoms with Crippen LogP contribution >= 0.6 is 0 Å². The van der Waals surface area contributed by atoms with E-state index in [9.17, 15) is 4.79 Å². The van der Waals surface area contributed by atoms with Crippen LogP contribution in [0.1, 0.15) is 73.6 Å². The fourth-order valence-electron chi connectivity index (χ4n) is 2.57. The zero-order valence-corrected chi connectivity index (χ0v) is 14.9. The number of aromatic nitrogens is 1. The summed E-state index contributed by atoms with van der Waals surface area (Å²) in [7, 11) is 0. The Labute approximate surface area is 138 Å². The lowest BCUT2D eigenvalue weighted by Crippen LogP contribution is -2.27. The summed E-state index contributed by atoms with van der Waals surface area (Å²) in [6, 6.07) is 8.33. The van der Waals surface area contributed by atoms with Crippen molar-refractivity contribution in [2.24, 2.45) is 0 Å². The maximum atomic E-state index is 12.5. The van der Waals surface area contributed by atoms with Gasteiger partial charge in [-0.3, -0.25) is 4.79 Å². The molecule has 23 heavy (non-hydrogen) atoms. The minimum atomic E-state index is -0.131. The molecule has 0 fully saturated rings. The van der Waals surface area contributed by atoms with E-state index in [0.29, 0.717) is 23.4 Å². The second-order valence-corrected chi connectivity index (χ2v) is 6.98. The molecule has 124 valence electrons. The highest BCUT2D eigenvalue weighted by atomic mass is 16.5. The van der Waals surface area contributed by atoms with Crippen molar-refractivity contribution in [3.05, 3.63) is 52.4 Å². The SMILES string of the molecule is CCc1noc(C)c1C(=O)N[C@@H](C)c1ccc(C(C)(C)C)cc1. The normalized spacial score (nSPS) is 13.0. The Hall–Kier alpha value is -2.10. The Morgan fingerprint density at radius 2 is 1.87 bits per heavy atom. The number of rotatable bonds is 4. The van der Waals surface area contributed by atoms with Crippen LogP contribution in [0.3, 0.4) is 0 Å². The summed E-state index contributed by atoms with van der Waals surface area (Å²) in [5.41, 5.74) is 3.75. The van der Waals surface area contributed by atoms with E-state index in [1.165, 1.54) is 5.56 Å². The van der Waals surface area contributed by atoms with Crippen molar-refractivity contribution in [2.45, 2.75) is 59.4 Å². The van der Waals surface area contributed by atoms with Crippen molar-refractivity contribution in [2.75, 3.05) is 0 Å². The lowest BCUT2D eigenvalue weighted by molar-refractivity contribution is 0.0937. The summed E-state index contributed by atoms with van der Waals surface area (Å²) in [6.45, 7) is 12.3. The first-order valence-electron chi connectivity index (χ1n) is 8.10. The molecule has 4 heteroatoms. The highest BCUT2D eigenvalue weighted by Crippen LogP contribution is 2.24. The summed E-state index contributed by atoms with van der Waals surface area (Å²) in [5, 5.41) is 6.97. The molecular weight excluding hydrogens is 288 g/mol. The van der Waals surface area contributed by atoms with Gasteiger partial charge in [-0.2, -0.15) is 0 Å². The van der Waals surface area contributed by atoms with E-state index in [-0.39, 0.29) is 17.4 Å². The number of hydrogen-bond acceptors (Lipinski definition) is 3. The molecule has 4 nitrogen and oxygen atoms in total. The molecule has 1 aromatic carbocycles. The van der Waals surface area contributed by atoms with Crippen LogP contribution in [-0.4, -0.2) is 11.1 Å². The van der Waals surface area contributed by atoms with Gasteiger partial charge in [-0.05, 0) is 36.8 Å². The van der Waals surface area contributed by atoms with E-state index in [0.717, 1.165) is 5.56 Å². The van der Waals surface area contributed by atoms with Crippen molar-refractivity contribution < 1.29 is 9.32 Å². The number of nitrogens with one attached hydrogen (secondary N) is 1. The van der Waals surface area contributed by atoms with Gasteiger partial charge in [0.25, 0.3) is 5.91 Å². The molecule has 2 rings (SSSR count). The summed E-state index contributed by atoms with van der Waals surface area (Å²) in [4.78, 5) is 12.5. The van der Waals surface area contributed by atoms with Crippen molar-refractivity contribution in [3.63, 3.8) is 0 Å². The van der Waals surface area contributed by atoms with Gasteiger partial charge in [0.05, 0.1) is 11.7 Å². The zero-order chi connectivity index (χ0) is 17.2. The highest BCUT2D eigenvalue weighted by Gasteiger charge is 2.21. The fraction of sp³-hybridized carbons (Fsp3) is 0.474. The second-order valence-electron chi connectivity index (χ2n) is 6.98. The standard InChI is InChI=1S/C19H26N2O2/c1-7-16-17(13(3)23-21-16)18(22)20-12(2)14-8-10-15(11-9-14)19(4,5)6/h8-12H,7H2,1-6H3,(H,20,22)/t12-/m0/s1. The van der Waals surface area contributed by atoms with E-state index in [4.69, 9.17) is 4.52 Å². The minimum absolute atomic E-state index is 0.0736. The Morgan fingerprint density at radius 1 is 1.26 bits per heavy atom. The topological polar surface area (TPSA) is 55.1 Å². The minimum Gasteiger partial charge on any atom is -0.361 e. The summed E-state index contributed by atoms with van der Waals surface area (Å²) < 4.78 is 5.14. The lowest BCUT2D eigenvalue weighted by Gasteiger charge is -2.20. The van der Waals surface area contributed by atoms with Crippen LogP contribution in [-0.2, 0) is 11.8 Å². The van der Waals surface area contributed by atoms with Crippen LogP contribution in [0.25, 0.3) is 0 Å². The van der Waals surface area contributed by atoms with Gasteiger partial charge < -0.3 is 9.84 Å². The number of amides is 1. The average molecular weight is 314 g/mol. The molecule has 0 saturated heterocycles. The molecule has 0 aliphatic heterocycles. The van der Waals surface area contributed by atoms with Crippen LogP contribution in [0.5, 0.6) is 0 Å². The van der Waals surface area contributed by atoms with Crippen molar-refractivity contribution in [1.82, 2.24) is 10.5 Å². The molecule has 0 radical (unpaired) electrons. The molecule has 1 heterocycles.